The van der Waals surface area contributed by atoms with Crippen LogP contribution in [0, 0.1) is 23.2 Å². The monoisotopic (exact) mass is 410 g/mol. The Morgan fingerprint density at radius 3 is 1.62 bits per heavy atom. The summed E-state index contributed by atoms with van der Waals surface area (Å²) in [5, 5.41) is 26.4. The lowest BCUT2D eigenvalue weighted by Crippen LogP contribution is -2.34. The zero-order chi connectivity index (χ0) is 21.0. The summed E-state index contributed by atoms with van der Waals surface area (Å²) < 4.78 is 4.36. The first-order valence-corrected chi connectivity index (χ1v) is 10.2. The second-order valence-corrected chi connectivity index (χ2v) is 6.74. The molecule has 0 amide bonds. The lowest BCUT2D eigenvalue weighted by atomic mass is 9.97. The van der Waals surface area contributed by atoms with Crippen LogP contribution in [-0.4, -0.2) is 51.8 Å². The normalized spacial score (nSPS) is 19.0. The number of hydrogen-bond acceptors (Lipinski definition) is 7. The van der Waals surface area contributed by atoms with E-state index in [1.807, 2.05) is 27.7 Å². The number of amidine groups is 1. The molecule has 2 rings (SSSR count). The molecule has 0 aromatic carbocycles. The third-order valence-electron chi connectivity index (χ3n) is 3.78. The van der Waals surface area contributed by atoms with Crippen molar-refractivity contribution < 1.29 is 10.4 Å². The molecule has 0 aliphatic carbocycles. The summed E-state index contributed by atoms with van der Waals surface area (Å²) in [5.74, 6) is 4.47. The molecular formula is C16H40N6O2P2. The second-order valence-electron chi connectivity index (χ2n) is 5.27. The quantitative estimate of drug-likeness (QED) is 0.172. The lowest BCUT2D eigenvalue weighted by molar-refractivity contribution is 0.298. The van der Waals surface area contributed by atoms with Crippen LogP contribution >= 0.6 is 18.8 Å². The molecule has 0 saturated carbocycles. The zero-order valence-electron chi connectivity index (χ0n) is 16.8. The number of nitriles is 1. The molecule has 8 nitrogen and oxygen atoms in total. The summed E-state index contributed by atoms with van der Waals surface area (Å²) >= 11 is 0. The van der Waals surface area contributed by atoms with Gasteiger partial charge in [-0.05, 0) is 25.7 Å². The molecule has 6 N–H and O–H groups in total. The summed E-state index contributed by atoms with van der Waals surface area (Å²) in [6, 6.07) is 2.29. The van der Waals surface area contributed by atoms with Crippen LogP contribution in [0.4, 0.5) is 0 Å². The van der Waals surface area contributed by atoms with Gasteiger partial charge in [-0.3, -0.25) is 9.34 Å². The van der Waals surface area contributed by atoms with Crippen LogP contribution < -0.4 is 11.6 Å². The van der Waals surface area contributed by atoms with Crippen molar-refractivity contribution in [3.8, 4) is 6.07 Å². The van der Waals surface area contributed by atoms with E-state index in [2.05, 4.69) is 45.2 Å². The van der Waals surface area contributed by atoms with Gasteiger partial charge in [0.25, 0.3) is 0 Å². The number of oxime groups is 1. The summed E-state index contributed by atoms with van der Waals surface area (Å²) in [7, 11) is 5.33. The first-order chi connectivity index (χ1) is 12.6. The summed E-state index contributed by atoms with van der Waals surface area (Å²) in [4.78, 5) is 0. The summed E-state index contributed by atoms with van der Waals surface area (Å²) in [6.07, 6.45) is 4.05. The van der Waals surface area contributed by atoms with E-state index >= 15 is 0 Å². The average molecular weight is 410 g/mol. The molecule has 26 heavy (non-hydrogen) atoms. The average Bonchev–Trinajstić information content (AvgIpc) is 2.73. The minimum absolute atomic E-state index is 0.275. The van der Waals surface area contributed by atoms with Crippen LogP contribution in [0.2, 0.25) is 0 Å². The maximum atomic E-state index is 8.50. The number of hydrogen-bond donors (Lipinski definition) is 4. The van der Waals surface area contributed by atoms with Crippen molar-refractivity contribution in [2.45, 2.75) is 53.4 Å². The van der Waals surface area contributed by atoms with E-state index in [0.717, 1.165) is 51.9 Å². The second kappa shape index (κ2) is 22.5. The first-order valence-electron chi connectivity index (χ1n) is 9.19. The fraction of sp³-hybridized carbons (Fsp3) is 0.875. The van der Waals surface area contributed by atoms with Crippen molar-refractivity contribution in [1.29, 1.82) is 5.26 Å². The van der Waals surface area contributed by atoms with Gasteiger partial charge < -0.3 is 16.1 Å². The molecule has 2 aliphatic rings. The highest BCUT2D eigenvalue weighted by molar-refractivity contribution is 7.13. The molecule has 0 radical (unpaired) electrons. The Morgan fingerprint density at radius 1 is 0.962 bits per heavy atom. The van der Waals surface area contributed by atoms with Gasteiger partial charge in [-0.25, -0.2) is 5.90 Å². The lowest BCUT2D eigenvalue weighted by Gasteiger charge is -2.27. The van der Waals surface area contributed by atoms with Crippen molar-refractivity contribution in [3.05, 3.63) is 0 Å². The molecule has 156 valence electrons. The fourth-order valence-corrected chi connectivity index (χ4v) is 2.90. The number of nitrogens with zero attached hydrogens (tertiary/aromatic N) is 4. The van der Waals surface area contributed by atoms with E-state index in [1.165, 1.54) is 0 Å². The van der Waals surface area contributed by atoms with Crippen molar-refractivity contribution >= 4 is 24.6 Å². The van der Waals surface area contributed by atoms with Crippen LogP contribution in [0.3, 0.4) is 0 Å². The first kappa shape index (κ1) is 30.2. The topological polar surface area (TPSA) is 135 Å². The fourth-order valence-electron chi connectivity index (χ4n) is 2.31. The minimum atomic E-state index is 0.275. The third kappa shape index (κ3) is 15.7. The molecule has 2 atom stereocenters. The highest BCUT2D eigenvalue weighted by atomic mass is 31.0. The van der Waals surface area contributed by atoms with Gasteiger partial charge in [0, 0.05) is 38.0 Å². The molecule has 0 spiro atoms. The number of nitrogens with two attached hydrogens (primary N) is 2. The van der Waals surface area contributed by atoms with Crippen molar-refractivity contribution in [3.63, 3.8) is 0 Å². The Kier molecular flexibility index (Phi) is 26.1. The van der Waals surface area contributed by atoms with Gasteiger partial charge in [-0.15, -0.1) is 0 Å². The minimum Gasteiger partial charge on any atom is -0.409 e. The van der Waals surface area contributed by atoms with Crippen LogP contribution in [0.25, 0.3) is 0 Å². The van der Waals surface area contributed by atoms with E-state index in [9.17, 15) is 0 Å². The molecule has 0 aromatic rings. The van der Waals surface area contributed by atoms with Crippen LogP contribution in [0.1, 0.15) is 53.4 Å². The van der Waals surface area contributed by atoms with E-state index in [4.69, 9.17) is 21.4 Å². The van der Waals surface area contributed by atoms with Gasteiger partial charge in [-0.2, -0.15) is 5.26 Å². The van der Waals surface area contributed by atoms with Gasteiger partial charge in [0.2, 0.25) is 0 Å². The van der Waals surface area contributed by atoms with Crippen molar-refractivity contribution in [1.82, 2.24) is 9.34 Å². The van der Waals surface area contributed by atoms with E-state index < -0.39 is 0 Å². The van der Waals surface area contributed by atoms with Gasteiger partial charge in [0.05, 0.1) is 6.07 Å². The van der Waals surface area contributed by atoms with Crippen molar-refractivity contribution in [2.75, 3.05) is 26.2 Å². The van der Waals surface area contributed by atoms with Gasteiger partial charge in [-0.1, -0.05) is 51.6 Å². The summed E-state index contributed by atoms with van der Waals surface area (Å²) in [5.41, 5.74) is 5.47. The van der Waals surface area contributed by atoms with Crippen molar-refractivity contribution in [2.24, 2.45) is 28.6 Å². The standard InChI is InChI=1S/C6H14N3OP.C6H11N2P.2C2H6.H3NO/c7-6(8-10)5-1-3-9(11)4-2-5;7-5-6-1-3-8(9)4-2-6;3*1-2/h5,10H,1-4,11H2,(H2,7,8);6H,1-4,9H2;2*1-2H3;2H,1H2. The van der Waals surface area contributed by atoms with Gasteiger partial charge in [0.15, 0.2) is 0 Å². The smallest absolute Gasteiger partial charge is 0.142 e. The predicted molar refractivity (Wildman–Crippen MR) is 116 cm³/mol. The summed E-state index contributed by atoms with van der Waals surface area (Å²) in [6.45, 7) is 12.1. The SMILES string of the molecule is CC.CC.N#CC1CCN(P)CC1.N/C(=N\O)C1CCN(P)CC1.NO. The number of rotatable bonds is 1. The Bertz CT molecular complexity index is 353. The van der Waals surface area contributed by atoms with Crippen LogP contribution in [-0.2, 0) is 0 Å². The van der Waals surface area contributed by atoms with Crippen LogP contribution in [0.15, 0.2) is 5.16 Å². The van der Waals surface area contributed by atoms with Gasteiger partial charge in [0.1, 0.15) is 5.84 Å². The molecule has 2 unspecified atom stereocenters. The Morgan fingerprint density at radius 2 is 1.31 bits per heavy atom. The third-order valence-corrected chi connectivity index (χ3v) is 4.81. The Hall–Kier alpha value is -0.540. The Labute approximate surface area is 164 Å². The largest absolute Gasteiger partial charge is 0.409 e. The highest BCUT2D eigenvalue weighted by Crippen LogP contribution is 2.19. The molecule has 2 aliphatic heterocycles. The van der Waals surface area contributed by atoms with Crippen LogP contribution in [0.5, 0.6) is 0 Å². The molecule has 0 bridgehead atoms. The molecule has 2 heterocycles. The maximum absolute atomic E-state index is 8.50. The van der Waals surface area contributed by atoms with E-state index in [0.29, 0.717) is 11.8 Å². The maximum Gasteiger partial charge on any atom is 0.142 e. The molecular weight excluding hydrogens is 370 g/mol. The van der Waals surface area contributed by atoms with E-state index in [-0.39, 0.29) is 5.92 Å². The molecule has 0 aromatic heterocycles. The molecule has 10 heteroatoms. The zero-order valence-corrected chi connectivity index (χ0v) is 19.1. The highest BCUT2D eigenvalue weighted by Gasteiger charge is 2.19. The molecule has 2 fully saturated rings. The molecule has 2 saturated heterocycles. The van der Waals surface area contributed by atoms with Gasteiger partial charge >= 0.3 is 0 Å². The predicted octanol–water partition coefficient (Wildman–Crippen LogP) is 2.63. The Balaban J connectivity index is -0.000000319. The van der Waals surface area contributed by atoms with E-state index in [1.54, 1.807) is 0 Å². The number of piperidine rings is 2.